The van der Waals surface area contributed by atoms with E-state index in [0.29, 0.717) is 11.5 Å². The maximum Gasteiger partial charge on any atom is 0.216 e. The Hall–Kier alpha value is -3.86. The Morgan fingerprint density at radius 1 is 1.16 bits per heavy atom. The Kier molecular flexibility index (Phi) is 4.87. The largest absolute Gasteiger partial charge is 0.497 e. The van der Waals surface area contributed by atoms with Crippen LogP contribution in [0.1, 0.15) is 5.82 Å². The number of anilines is 1. The van der Waals surface area contributed by atoms with Crippen molar-refractivity contribution in [2.45, 2.75) is 0 Å². The molecule has 0 radical (unpaired) electrons. The first kappa shape index (κ1) is 16.0. The van der Waals surface area contributed by atoms with Crippen molar-refractivity contribution in [1.82, 2.24) is 20.6 Å². The monoisotopic (exact) mass is 334 g/mol. The molecule has 0 atom stereocenters. The summed E-state index contributed by atoms with van der Waals surface area (Å²) in [6.45, 7) is 0. The van der Waals surface area contributed by atoms with Crippen LogP contribution in [0.15, 0.2) is 54.7 Å². The minimum Gasteiger partial charge on any atom is -0.497 e. The summed E-state index contributed by atoms with van der Waals surface area (Å²) in [5, 5.41) is 25.4. The van der Waals surface area contributed by atoms with Gasteiger partial charge in [0, 0.05) is 18.0 Å². The molecule has 2 aromatic carbocycles. The van der Waals surface area contributed by atoms with Crippen molar-refractivity contribution in [3.05, 3.63) is 60.6 Å². The van der Waals surface area contributed by atoms with Gasteiger partial charge in [-0.1, -0.05) is 6.07 Å². The lowest BCUT2D eigenvalue weighted by Crippen LogP contribution is -1.93. The van der Waals surface area contributed by atoms with Crippen LogP contribution in [0, 0.1) is 11.3 Å². The van der Waals surface area contributed by atoms with E-state index in [9.17, 15) is 0 Å². The number of hydrogen-bond donors (Lipinski definition) is 2. The molecule has 0 amide bonds. The Morgan fingerprint density at radius 2 is 1.96 bits per heavy atom. The number of hydrogen-bond acceptors (Lipinski definition) is 7. The van der Waals surface area contributed by atoms with E-state index in [1.54, 1.807) is 13.2 Å². The molecule has 0 aliphatic carbocycles. The first-order valence-corrected chi connectivity index (χ1v) is 7.31. The third-order valence-corrected chi connectivity index (χ3v) is 3.22. The fourth-order valence-electron chi connectivity index (χ4n) is 2.00. The number of H-pyrrole nitrogens is 1. The second-order valence-electron chi connectivity index (χ2n) is 4.85. The standard InChI is InChI=1S/C17H14N6O2/c1-24-15-3-2-4-16(9-15)25-14-7-5-13(6-8-14)19-11-12(10-18)17-20-22-23-21-17/h2-9,11,19H,1H3,(H,20,21,22,23). The zero-order valence-corrected chi connectivity index (χ0v) is 13.3. The van der Waals surface area contributed by atoms with Crippen LogP contribution in [0.4, 0.5) is 5.69 Å². The SMILES string of the molecule is COc1cccc(Oc2ccc(NC=C(C#N)c3nn[nH]n3)cc2)c1. The molecule has 3 rings (SSSR count). The lowest BCUT2D eigenvalue weighted by atomic mass is 10.2. The molecule has 2 N–H and O–H groups in total. The van der Waals surface area contributed by atoms with Crippen molar-refractivity contribution in [2.24, 2.45) is 0 Å². The summed E-state index contributed by atoms with van der Waals surface area (Å²) >= 11 is 0. The molecule has 0 saturated heterocycles. The van der Waals surface area contributed by atoms with E-state index in [-0.39, 0.29) is 11.4 Å². The van der Waals surface area contributed by atoms with E-state index in [4.69, 9.17) is 14.7 Å². The van der Waals surface area contributed by atoms with Crippen molar-refractivity contribution >= 4 is 11.3 Å². The number of allylic oxidation sites excluding steroid dienone is 1. The zero-order chi connectivity index (χ0) is 17.5. The van der Waals surface area contributed by atoms with E-state index in [1.807, 2.05) is 48.5 Å². The number of aromatic amines is 1. The van der Waals surface area contributed by atoms with E-state index in [2.05, 4.69) is 25.9 Å². The number of nitrogens with one attached hydrogen (secondary N) is 2. The predicted octanol–water partition coefficient (Wildman–Crippen LogP) is 2.98. The number of methoxy groups -OCH3 is 1. The Bertz CT molecular complexity index is 898. The quantitative estimate of drug-likeness (QED) is 0.667. The number of nitriles is 1. The number of ether oxygens (including phenoxy) is 2. The summed E-state index contributed by atoms with van der Waals surface area (Å²) in [5.41, 5.74) is 1.06. The van der Waals surface area contributed by atoms with E-state index >= 15 is 0 Å². The fourth-order valence-corrected chi connectivity index (χ4v) is 2.00. The maximum atomic E-state index is 9.12. The summed E-state index contributed by atoms with van der Waals surface area (Å²) in [6.07, 6.45) is 1.52. The molecule has 25 heavy (non-hydrogen) atoms. The summed E-state index contributed by atoms with van der Waals surface area (Å²) in [6, 6.07) is 16.7. The molecule has 8 heteroatoms. The average molecular weight is 334 g/mol. The molecule has 0 saturated carbocycles. The second-order valence-corrected chi connectivity index (χ2v) is 4.85. The van der Waals surface area contributed by atoms with Gasteiger partial charge in [-0.2, -0.15) is 10.5 Å². The summed E-state index contributed by atoms with van der Waals surface area (Å²) in [5.74, 6) is 2.32. The molecule has 124 valence electrons. The molecular formula is C17H14N6O2. The highest BCUT2D eigenvalue weighted by molar-refractivity contribution is 5.74. The van der Waals surface area contributed by atoms with Crippen LogP contribution >= 0.6 is 0 Å². The Morgan fingerprint density at radius 3 is 2.64 bits per heavy atom. The van der Waals surface area contributed by atoms with Crippen molar-refractivity contribution in [2.75, 3.05) is 12.4 Å². The van der Waals surface area contributed by atoms with Crippen LogP contribution in [0.2, 0.25) is 0 Å². The van der Waals surface area contributed by atoms with Gasteiger partial charge in [0.1, 0.15) is 28.9 Å². The van der Waals surface area contributed by atoms with Crippen LogP contribution in [-0.2, 0) is 0 Å². The first-order chi connectivity index (χ1) is 12.3. The number of aromatic nitrogens is 4. The smallest absolute Gasteiger partial charge is 0.216 e. The summed E-state index contributed by atoms with van der Waals surface area (Å²) < 4.78 is 10.9. The van der Waals surface area contributed by atoms with Crippen LogP contribution in [0.5, 0.6) is 17.2 Å². The molecule has 0 fully saturated rings. The van der Waals surface area contributed by atoms with Gasteiger partial charge in [0.05, 0.1) is 7.11 Å². The minimum absolute atomic E-state index is 0.230. The Balaban J connectivity index is 1.67. The molecule has 0 spiro atoms. The highest BCUT2D eigenvalue weighted by Gasteiger charge is 2.05. The molecule has 0 aliphatic rings. The fraction of sp³-hybridized carbons (Fsp3) is 0.0588. The molecular weight excluding hydrogens is 320 g/mol. The van der Waals surface area contributed by atoms with Gasteiger partial charge in [-0.25, -0.2) is 0 Å². The van der Waals surface area contributed by atoms with Crippen molar-refractivity contribution < 1.29 is 9.47 Å². The lowest BCUT2D eigenvalue weighted by Gasteiger charge is -2.08. The number of benzene rings is 2. The summed E-state index contributed by atoms with van der Waals surface area (Å²) in [4.78, 5) is 0. The van der Waals surface area contributed by atoms with Crippen LogP contribution in [0.3, 0.4) is 0 Å². The maximum absolute atomic E-state index is 9.12. The van der Waals surface area contributed by atoms with Gasteiger partial charge in [0.2, 0.25) is 5.82 Å². The topological polar surface area (TPSA) is 109 Å². The molecule has 1 aromatic heterocycles. The van der Waals surface area contributed by atoms with E-state index < -0.39 is 0 Å². The molecule has 8 nitrogen and oxygen atoms in total. The molecule has 0 unspecified atom stereocenters. The highest BCUT2D eigenvalue weighted by Crippen LogP contribution is 2.26. The molecule has 0 bridgehead atoms. The van der Waals surface area contributed by atoms with Gasteiger partial charge in [-0.15, -0.1) is 10.2 Å². The third kappa shape index (κ3) is 4.11. The number of rotatable bonds is 6. The summed E-state index contributed by atoms with van der Waals surface area (Å²) in [7, 11) is 1.61. The normalized spacial score (nSPS) is 10.8. The lowest BCUT2D eigenvalue weighted by molar-refractivity contribution is 0.409. The number of nitrogens with zero attached hydrogens (tertiary/aromatic N) is 4. The Labute approximate surface area is 143 Å². The predicted molar refractivity (Wildman–Crippen MR) is 90.9 cm³/mol. The average Bonchev–Trinajstić information content (AvgIpc) is 3.18. The van der Waals surface area contributed by atoms with Gasteiger partial charge in [-0.05, 0) is 41.6 Å². The van der Waals surface area contributed by atoms with Crippen LogP contribution in [0.25, 0.3) is 5.57 Å². The van der Waals surface area contributed by atoms with E-state index in [1.165, 1.54) is 6.20 Å². The van der Waals surface area contributed by atoms with Crippen molar-refractivity contribution in [1.29, 1.82) is 5.26 Å². The van der Waals surface area contributed by atoms with Gasteiger partial charge in [0.25, 0.3) is 0 Å². The van der Waals surface area contributed by atoms with Crippen LogP contribution < -0.4 is 14.8 Å². The zero-order valence-electron chi connectivity index (χ0n) is 13.3. The highest BCUT2D eigenvalue weighted by atomic mass is 16.5. The van der Waals surface area contributed by atoms with Crippen molar-refractivity contribution in [3.63, 3.8) is 0 Å². The van der Waals surface area contributed by atoms with Gasteiger partial charge < -0.3 is 14.8 Å². The molecule has 3 aromatic rings. The van der Waals surface area contributed by atoms with Gasteiger partial charge in [-0.3, -0.25) is 0 Å². The first-order valence-electron chi connectivity index (χ1n) is 7.31. The minimum atomic E-state index is 0.230. The van der Waals surface area contributed by atoms with Crippen molar-refractivity contribution in [3.8, 4) is 23.3 Å². The van der Waals surface area contributed by atoms with Gasteiger partial charge >= 0.3 is 0 Å². The molecule has 1 heterocycles. The number of tetrazole rings is 1. The van der Waals surface area contributed by atoms with E-state index in [0.717, 1.165) is 11.4 Å². The van der Waals surface area contributed by atoms with Crippen LogP contribution in [-0.4, -0.2) is 27.7 Å². The second kappa shape index (κ2) is 7.61. The third-order valence-electron chi connectivity index (χ3n) is 3.22. The van der Waals surface area contributed by atoms with Gasteiger partial charge in [0.15, 0.2) is 0 Å². The molecule has 0 aliphatic heterocycles.